The van der Waals surface area contributed by atoms with Gasteiger partial charge in [0, 0.05) is 23.6 Å². The molecule has 7 heteroatoms. The second kappa shape index (κ2) is 7.48. The summed E-state index contributed by atoms with van der Waals surface area (Å²) in [7, 11) is 0. The smallest absolute Gasteiger partial charge is 0.243 e. The minimum Gasteiger partial charge on any atom is -0.354 e. The molecule has 1 N–H and O–H groups in total. The number of carbonyl (C=O) groups is 1. The van der Waals surface area contributed by atoms with Crippen molar-refractivity contribution in [3.05, 3.63) is 70.8 Å². The molecule has 0 aliphatic carbocycles. The van der Waals surface area contributed by atoms with Gasteiger partial charge in [-0.25, -0.2) is 4.39 Å². The van der Waals surface area contributed by atoms with E-state index in [1.807, 2.05) is 28.8 Å². The first kappa shape index (κ1) is 17.7. The number of hydrogen-bond donors (Lipinski definition) is 1. The van der Waals surface area contributed by atoms with Crippen molar-refractivity contribution >= 4 is 17.5 Å². The fourth-order valence-corrected chi connectivity index (χ4v) is 3.49. The van der Waals surface area contributed by atoms with Crippen molar-refractivity contribution in [3.8, 4) is 11.4 Å². The predicted octanol–water partition coefficient (Wildman–Crippen LogP) is 3.58. The van der Waals surface area contributed by atoms with E-state index in [1.54, 1.807) is 12.1 Å². The lowest BCUT2D eigenvalue weighted by Crippen LogP contribution is -2.32. The van der Waals surface area contributed by atoms with E-state index in [2.05, 4.69) is 15.5 Å². The molecule has 2 aromatic carbocycles. The third-order valence-corrected chi connectivity index (χ3v) is 5.00. The van der Waals surface area contributed by atoms with Crippen LogP contribution in [-0.4, -0.2) is 27.2 Å². The van der Waals surface area contributed by atoms with Gasteiger partial charge in [0.05, 0.1) is 0 Å². The van der Waals surface area contributed by atoms with Crippen LogP contribution in [0.5, 0.6) is 0 Å². The summed E-state index contributed by atoms with van der Waals surface area (Å²) < 4.78 is 15.1. The average molecular weight is 385 g/mol. The van der Waals surface area contributed by atoms with E-state index >= 15 is 0 Å². The summed E-state index contributed by atoms with van der Waals surface area (Å²) in [4.78, 5) is 12.7. The normalized spacial score (nSPS) is 15.6. The second-order valence-corrected chi connectivity index (χ2v) is 6.98. The van der Waals surface area contributed by atoms with Gasteiger partial charge in [0.25, 0.3) is 0 Å². The van der Waals surface area contributed by atoms with Crippen molar-refractivity contribution < 1.29 is 9.18 Å². The Labute approximate surface area is 161 Å². The zero-order valence-electron chi connectivity index (χ0n) is 14.5. The van der Waals surface area contributed by atoms with E-state index in [-0.39, 0.29) is 17.8 Å². The molecule has 0 radical (unpaired) electrons. The Bertz CT molecular complexity index is 953. The van der Waals surface area contributed by atoms with Gasteiger partial charge in [-0.1, -0.05) is 23.7 Å². The third-order valence-electron chi connectivity index (χ3n) is 4.75. The molecule has 1 aliphatic rings. The number of carbonyl (C=O) groups excluding carboxylic acids is 1. The van der Waals surface area contributed by atoms with Gasteiger partial charge in [-0.2, -0.15) is 0 Å². The van der Waals surface area contributed by atoms with Crippen molar-refractivity contribution in [3.63, 3.8) is 0 Å². The summed E-state index contributed by atoms with van der Waals surface area (Å²) in [5.41, 5.74) is 1.86. The zero-order chi connectivity index (χ0) is 18.8. The molecule has 2 heterocycles. The average Bonchev–Trinajstić information content (AvgIpc) is 3.26. The van der Waals surface area contributed by atoms with Crippen LogP contribution >= 0.6 is 11.6 Å². The van der Waals surface area contributed by atoms with Crippen LogP contribution in [0.3, 0.4) is 0 Å². The standard InChI is InChI=1S/C20H18ClFN4O/c21-15-5-1-13(2-6-15)11-12-23-20(27)17-9-10-18-24-25-19(26(17)18)14-3-7-16(22)8-4-14/h1-8,17H,9-12H2,(H,23,27). The Hall–Kier alpha value is -2.73. The zero-order valence-corrected chi connectivity index (χ0v) is 15.3. The van der Waals surface area contributed by atoms with Crippen molar-refractivity contribution in [2.24, 2.45) is 0 Å². The van der Waals surface area contributed by atoms with E-state index in [9.17, 15) is 9.18 Å². The summed E-state index contributed by atoms with van der Waals surface area (Å²) in [5, 5.41) is 12.1. The largest absolute Gasteiger partial charge is 0.354 e. The molecule has 0 spiro atoms. The maximum absolute atomic E-state index is 13.2. The van der Waals surface area contributed by atoms with Gasteiger partial charge < -0.3 is 5.32 Å². The van der Waals surface area contributed by atoms with Crippen molar-refractivity contribution in [1.82, 2.24) is 20.1 Å². The predicted molar refractivity (Wildman–Crippen MR) is 101 cm³/mol. The van der Waals surface area contributed by atoms with Gasteiger partial charge in [-0.15, -0.1) is 10.2 Å². The van der Waals surface area contributed by atoms with E-state index in [1.165, 1.54) is 12.1 Å². The number of nitrogens with zero attached hydrogens (tertiary/aromatic N) is 3. The van der Waals surface area contributed by atoms with Crippen molar-refractivity contribution in [2.75, 3.05) is 6.54 Å². The Morgan fingerprint density at radius 3 is 2.63 bits per heavy atom. The third kappa shape index (κ3) is 3.71. The molecule has 0 saturated heterocycles. The fraction of sp³-hybridized carbons (Fsp3) is 0.250. The number of nitrogens with one attached hydrogen (secondary N) is 1. The van der Waals surface area contributed by atoms with Gasteiger partial charge >= 0.3 is 0 Å². The highest BCUT2D eigenvalue weighted by molar-refractivity contribution is 6.30. The highest BCUT2D eigenvalue weighted by Gasteiger charge is 2.32. The number of benzene rings is 2. The molecule has 4 rings (SSSR count). The summed E-state index contributed by atoms with van der Waals surface area (Å²) in [6, 6.07) is 13.3. The molecule has 0 fully saturated rings. The monoisotopic (exact) mass is 384 g/mol. The lowest BCUT2D eigenvalue weighted by Gasteiger charge is -2.15. The van der Waals surface area contributed by atoms with Crippen LogP contribution in [0.15, 0.2) is 48.5 Å². The quantitative estimate of drug-likeness (QED) is 0.731. The van der Waals surface area contributed by atoms with Crippen molar-refractivity contribution in [2.45, 2.75) is 25.3 Å². The molecular weight excluding hydrogens is 367 g/mol. The second-order valence-electron chi connectivity index (χ2n) is 6.54. The van der Waals surface area contributed by atoms with Crippen LogP contribution in [0.1, 0.15) is 23.9 Å². The number of fused-ring (bicyclic) bond motifs is 1. The van der Waals surface area contributed by atoms with Crippen LogP contribution in [0.2, 0.25) is 5.02 Å². The van der Waals surface area contributed by atoms with Crippen LogP contribution in [0.25, 0.3) is 11.4 Å². The number of aryl methyl sites for hydroxylation is 1. The Kier molecular flexibility index (Phi) is 4.90. The molecule has 1 aromatic heterocycles. The molecule has 1 aliphatic heterocycles. The van der Waals surface area contributed by atoms with E-state index in [4.69, 9.17) is 11.6 Å². The lowest BCUT2D eigenvalue weighted by molar-refractivity contribution is -0.124. The Morgan fingerprint density at radius 1 is 1.15 bits per heavy atom. The van der Waals surface area contributed by atoms with E-state index in [0.717, 1.165) is 23.4 Å². The first-order valence-corrected chi connectivity index (χ1v) is 9.21. The molecule has 138 valence electrons. The Morgan fingerprint density at radius 2 is 1.89 bits per heavy atom. The van der Waals surface area contributed by atoms with Gasteiger partial charge in [-0.05, 0) is 54.8 Å². The minimum absolute atomic E-state index is 0.0501. The van der Waals surface area contributed by atoms with Gasteiger partial charge in [0.15, 0.2) is 5.82 Å². The summed E-state index contributed by atoms with van der Waals surface area (Å²) in [6.07, 6.45) is 2.12. The number of halogens is 2. The molecule has 0 bridgehead atoms. The molecule has 5 nitrogen and oxygen atoms in total. The summed E-state index contributed by atoms with van der Waals surface area (Å²) >= 11 is 5.89. The van der Waals surface area contributed by atoms with Crippen LogP contribution in [0.4, 0.5) is 4.39 Å². The van der Waals surface area contributed by atoms with Crippen LogP contribution in [0, 0.1) is 5.82 Å². The number of hydrogen-bond acceptors (Lipinski definition) is 3. The SMILES string of the molecule is O=C(NCCc1ccc(Cl)cc1)C1CCc2nnc(-c3ccc(F)cc3)n21. The number of rotatable bonds is 5. The number of amides is 1. The highest BCUT2D eigenvalue weighted by Crippen LogP contribution is 2.31. The maximum Gasteiger partial charge on any atom is 0.243 e. The molecule has 1 unspecified atom stereocenters. The van der Waals surface area contributed by atoms with E-state index in [0.29, 0.717) is 30.2 Å². The minimum atomic E-state index is -0.347. The van der Waals surface area contributed by atoms with Gasteiger partial charge in [0.1, 0.15) is 17.7 Å². The molecule has 1 atom stereocenters. The van der Waals surface area contributed by atoms with Crippen LogP contribution < -0.4 is 5.32 Å². The molecule has 27 heavy (non-hydrogen) atoms. The Balaban J connectivity index is 1.45. The number of aromatic nitrogens is 3. The molecule has 0 saturated carbocycles. The highest BCUT2D eigenvalue weighted by atomic mass is 35.5. The first-order chi connectivity index (χ1) is 13.1. The molecular formula is C20H18ClFN4O. The van der Waals surface area contributed by atoms with Crippen LogP contribution in [-0.2, 0) is 17.6 Å². The van der Waals surface area contributed by atoms with Gasteiger partial charge in [-0.3, -0.25) is 9.36 Å². The lowest BCUT2D eigenvalue weighted by atomic mass is 10.1. The van der Waals surface area contributed by atoms with Crippen molar-refractivity contribution in [1.29, 1.82) is 0 Å². The van der Waals surface area contributed by atoms with Gasteiger partial charge in [0.2, 0.25) is 5.91 Å². The first-order valence-electron chi connectivity index (χ1n) is 8.84. The summed E-state index contributed by atoms with van der Waals surface area (Å²) in [5.74, 6) is 1.02. The fourth-order valence-electron chi connectivity index (χ4n) is 3.36. The topological polar surface area (TPSA) is 59.8 Å². The summed E-state index contributed by atoms with van der Waals surface area (Å²) in [6.45, 7) is 0.542. The maximum atomic E-state index is 13.2. The molecule has 3 aromatic rings. The molecule has 1 amide bonds. The van der Waals surface area contributed by atoms with E-state index < -0.39 is 0 Å².